The Balaban J connectivity index is 1.38. The van der Waals surface area contributed by atoms with Crippen LogP contribution in [0.2, 0.25) is 0 Å². The number of hydrogen-bond donors (Lipinski definition) is 1. The second-order valence-corrected chi connectivity index (χ2v) is 12.9. The van der Waals surface area contributed by atoms with Crippen LogP contribution >= 0.6 is 15.9 Å². The lowest BCUT2D eigenvalue weighted by Gasteiger charge is -2.44. The van der Waals surface area contributed by atoms with Gasteiger partial charge in [0.05, 0.1) is 29.6 Å². The summed E-state index contributed by atoms with van der Waals surface area (Å²) in [7, 11) is 1.85. The van der Waals surface area contributed by atoms with Crippen molar-refractivity contribution in [1.29, 1.82) is 5.26 Å². The molecule has 1 spiro atoms. The largest absolute Gasteiger partial charge is 0.462 e. The van der Waals surface area contributed by atoms with Gasteiger partial charge in [0, 0.05) is 43.1 Å². The number of piperazine rings is 1. The maximum Gasteiger partial charge on any atom is 0.318 e. The predicted molar refractivity (Wildman–Crippen MR) is 163 cm³/mol. The molecule has 1 N–H and O–H groups in total. The van der Waals surface area contributed by atoms with Crippen molar-refractivity contribution in [3.8, 4) is 12.1 Å². The normalized spacial score (nSPS) is 26.5. The van der Waals surface area contributed by atoms with Crippen molar-refractivity contribution in [2.45, 2.75) is 62.2 Å². The van der Waals surface area contributed by atoms with Crippen molar-refractivity contribution in [1.82, 2.24) is 19.8 Å². The van der Waals surface area contributed by atoms with Crippen LogP contribution in [0, 0.1) is 11.3 Å². The minimum Gasteiger partial charge on any atom is -0.462 e. The molecule has 3 aliphatic heterocycles. The van der Waals surface area contributed by atoms with E-state index >= 15 is 0 Å². The minimum absolute atomic E-state index is 0.0221. The van der Waals surface area contributed by atoms with Gasteiger partial charge in [-0.1, -0.05) is 34.6 Å². The molecule has 1 aromatic carbocycles. The lowest BCUT2D eigenvalue weighted by molar-refractivity contribution is -0.131. The van der Waals surface area contributed by atoms with Crippen molar-refractivity contribution >= 4 is 39.2 Å². The molecule has 10 nitrogen and oxygen atoms in total. The van der Waals surface area contributed by atoms with Crippen molar-refractivity contribution in [2.24, 2.45) is 0 Å². The van der Waals surface area contributed by atoms with Gasteiger partial charge in [0.1, 0.15) is 18.5 Å². The molecule has 2 amide bonds. The fraction of sp³-hybridized carbons (Fsp3) is 0.516. The Morgan fingerprint density at radius 3 is 2.84 bits per heavy atom. The molecule has 2 fully saturated rings. The van der Waals surface area contributed by atoms with Crippen LogP contribution in [0.15, 0.2) is 35.1 Å². The molecular weight excluding hydrogens is 636 g/mol. The SMILES string of the molecule is C=C(F)C(=O)N1CCN(c2nc(OC[C@@H]3C[C@@H](F)CN3C)nc3c2NC(=O)[C@]2(CCCc4c(Br)cccc42)C3)C[C@@H]1CC#N. The number of alkyl halides is 1. The second kappa shape index (κ2) is 12.0. The summed E-state index contributed by atoms with van der Waals surface area (Å²) in [6.07, 6.45) is 2.09. The third kappa shape index (κ3) is 5.43. The highest BCUT2D eigenvalue weighted by Gasteiger charge is 2.49. The number of hydrogen-bond acceptors (Lipinski definition) is 8. The van der Waals surface area contributed by atoms with Gasteiger partial charge in [0.15, 0.2) is 11.6 Å². The number of nitrogens with one attached hydrogen (secondary N) is 1. The maximum atomic E-state index is 14.1. The van der Waals surface area contributed by atoms with E-state index in [0.717, 1.165) is 28.4 Å². The van der Waals surface area contributed by atoms with E-state index in [2.05, 4.69) is 33.9 Å². The molecule has 232 valence electrons. The number of halogens is 3. The quantitative estimate of drug-likeness (QED) is 0.462. The topological polar surface area (TPSA) is 115 Å². The summed E-state index contributed by atoms with van der Waals surface area (Å²) in [6.45, 7) is 4.25. The van der Waals surface area contributed by atoms with E-state index in [-0.39, 0.29) is 50.6 Å². The van der Waals surface area contributed by atoms with E-state index in [0.29, 0.717) is 43.0 Å². The van der Waals surface area contributed by atoms with Gasteiger partial charge in [-0.05, 0) is 49.9 Å². The van der Waals surface area contributed by atoms with Crippen molar-refractivity contribution in [2.75, 3.05) is 50.1 Å². The number of aromatic nitrogens is 2. The molecule has 1 aliphatic carbocycles. The number of anilines is 2. The van der Waals surface area contributed by atoms with E-state index in [4.69, 9.17) is 14.7 Å². The molecule has 0 saturated carbocycles. The monoisotopic (exact) mass is 669 g/mol. The smallest absolute Gasteiger partial charge is 0.318 e. The van der Waals surface area contributed by atoms with E-state index in [1.54, 1.807) is 0 Å². The molecule has 1 aromatic heterocycles. The molecule has 13 heteroatoms. The molecule has 4 atom stereocenters. The number of rotatable bonds is 6. The number of carbonyl (C=O) groups excluding carboxylic acids is 2. The molecule has 4 heterocycles. The average Bonchev–Trinajstić information content (AvgIpc) is 3.33. The molecular formula is C31H34BrF2N7O3. The average molecular weight is 671 g/mol. The van der Waals surface area contributed by atoms with Crippen LogP contribution in [-0.4, -0.2) is 89.7 Å². The first-order valence-corrected chi connectivity index (χ1v) is 15.6. The summed E-state index contributed by atoms with van der Waals surface area (Å²) in [4.78, 5) is 41.2. The Morgan fingerprint density at radius 1 is 1.30 bits per heavy atom. The highest BCUT2D eigenvalue weighted by Crippen LogP contribution is 2.48. The Bertz CT molecular complexity index is 1550. The van der Waals surface area contributed by atoms with E-state index < -0.39 is 29.4 Å². The molecule has 44 heavy (non-hydrogen) atoms. The highest BCUT2D eigenvalue weighted by atomic mass is 79.9. The number of fused-ring (bicyclic) bond motifs is 3. The first-order valence-electron chi connectivity index (χ1n) is 14.9. The third-order valence-electron chi connectivity index (χ3n) is 9.40. The molecule has 0 bridgehead atoms. The highest BCUT2D eigenvalue weighted by molar-refractivity contribution is 9.10. The van der Waals surface area contributed by atoms with Crippen LogP contribution in [0.5, 0.6) is 6.01 Å². The lowest BCUT2D eigenvalue weighted by atomic mass is 9.65. The number of benzene rings is 1. The number of carbonyl (C=O) groups is 2. The van der Waals surface area contributed by atoms with Gasteiger partial charge in [0.2, 0.25) is 5.91 Å². The summed E-state index contributed by atoms with van der Waals surface area (Å²) >= 11 is 3.67. The molecule has 6 rings (SSSR count). The zero-order valence-electron chi connectivity index (χ0n) is 24.5. The van der Waals surface area contributed by atoms with E-state index in [1.165, 1.54) is 4.90 Å². The Hall–Kier alpha value is -3.63. The van der Waals surface area contributed by atoms with E-state index in [1.807, 2.05) is 35.0 Å². The predicted octanol–water partition coefficient (Wildman–Crippen LogP) is 3.84. The lowest BCUT2D eigenvalue weighted by Crippen LogP contribution is -2.56. The van der Waals surface area contributed by atoms with Crippen LogP contribution < -0.4 is 15.0 Å². The number of nitriles is 1. The fourth-order valence-corrected chi connectivity index (χ4v) is 7.70. The van der Waals surface area contributed by atoms with Crippen LogP contribution in [-0.2, 0) is 27.8 Å². The third-order valence-corrected chi connectivity index (χ3v) is 10.1. The van der Waals surface area contributed by atoms with Crippen molar-refractivity contribution < 1.29 is 23.1 Å². The number of ether oxygens (including phenoxy) is 1. The van der Waals surface area contributed by atoms with Gasteiger partial charge in [0.25, 0.3) is 5.91 Å². The number of amides is 2. The summed E-state index contributed by atoms with van der Waals surface area (Å²) in [5.41, 5.74) is 2.34. The van der Waals surface area contributed by atoms with Crippen LogP contribution in [0.3, 0.4) is 0 Å². The number of likely N-dealkylation sites (N-methyl/N-ethyl adjacent to an activating group) is 1. The first-order chi connectivity index (χ1) is 21.1. The Morgan fingerprint density at radius 2 is 2.11 bits per heavy atom. The van der Waals surface area contributed by atoms with Crippen molar-refractivity contribution in [3.63, 3.8) is 0 Å². The van der Waals surface area contributed by atoms with Crippen LogP contribution in [0.25, 0.3) is 0 Å². The summed E-state index contributed by atoms with van der Waals surface area (Å²) in [5.74, 6) is -1.65. The van der Waals surface area contributed by atoms with Gasteiger partial charge in [-0.3, -0.25) is 14.5 Å². The van der Waals surface area contributed by atoms with Crippen LogP contribution in [0.4, 0.5) is 20.3 Å². The molecule has 0 radical (unpaired) electrons. The molecule has 4 aliphatic rings. The Labute approximate surface area is 263 Å². The van der Waals surface area contributed by atoms with Gasteiger partial charge in [-0.25, -0.2) is 8.78 Å². The zero-order chi connectivity index (χ0) is 31.2. The second-order valence-electron chi connectivity index (χ2n) is 12.1. The van der Waals surface area contributed by atoms with Gasteiger partial charge >= 0.3 is 6.01 Å². The van der Waals surface area contributed by atoms with Crippen LogP contribution in [0.1, 0.15) is 42.5 Å². The van der Waals surface area contributed by atoms with Gasteiger partial charge in [-0.2, -0.15) is 15.2 Å². The number of likely N-dealkylation sites (tertiary alicyclic amines) is 1. The fourth-order valence-electron chi connectivity index (χ4n) is 7.13. The summed E-state index contributed by atoms with van der Waals surface area (Å²) in [5, 5.41) is 12.6. The van der Waals surface area contributed by atoms with Gasteiger partial charge < -0.3 is 19.9 Å². The number of nitrogens with zero attached hydrogens (tertiary/aromatic N) is 6. The maximum absolute atomic E-state index is 14.1. The van der Waals surface area contributed by atoms with Gasteiger partial charge in [-0.15, -0.1) is 0 Å². The summed E-state index contributed by atoms with van der Waals surface area (Å²) in [6, 6.07) is 7.38. The van der Waals surface area contributed by atoms with E-state index in [9.17, 15) is 23.6 Å². The van der Waals surface area contributed by atoms with Crippen molar-refractivity contribution in [3.05, 3.63) is 51.9 Å². The Kier molecular flexibility index (Phi) is 8.32. The zero-order valence-corrected chi connectivity index (χ0v) is 26.1. The molecule has 2 saturated heterocycles. The standard InChI is InChI=1S/C31H34BrF2N7O3/c1-18(33)28(42)41-12-11-40(16-20(41)8-10-35)27-26-25(36-30(38-27)44-17-21-13-19(34)15-39(21)2)14-31(29(43)37-26)9-4-5-22-23(31)6-3-7-24(22)32/h3,6-7,19-21H,1,4-5,8-9,11-17H2,2H3,(H,37,43)/t19-,20+,21+,31-/m1/s1. The molecule has 0 unspecified atom stereocenters. The first kappa shape index (κ1) is 30.4. The minimum atomic E-state index is -1.08. The summed E-state index contributed by atoms with van der Waals surface area (Å²) < 4.78 is 34.9. The molecule has 2 aromatic rings.